The van der Waals surface area contributed by atoms with Crippen molar-refractivity contribution in [3.8, 4) is 0 Å². The average Bonchev–Trinajstić information content (AvgIpc) is 3.08. The predicted molar refractivity (Wildman–Crippen MR) is 118 cm³/mol. The predicted octanol–water partition coefficient (Wildman–Crippen LogP) is 5.30. The number of nitrogens with zero attached hydrogens (tertiary/aromatic N) is 3. The van der Waals surface area contributed by atoms with Gasteiger partial charge in [-0.2, -0.15) is 8.78 Å². The van der Waals surface area contributed by atoms with Gasteiger partial charge < -0.3 is 19.3 Å². The molecule has 1 saturated heterocycles. The van der Waals surface area contributed by atoms with Crippen LogP contribution in [0.1, 0.15) is 25.6 Å². The van der Waals surface area contributed by atoms with Crippen LogP contribution in [0.15, 0.2) is 47.4 Å². The Morgan fingerprint density at radius 1 is 1.20 bits per heavy atom. The first-order chi connectivity index (χ1) is 14.3. The van der Waals surface area contributed by atoms with Crippen LogP contribution in [-0.2, 0) is 17.2 Å². The second kappa shape index (κ2) is 8.43. The number of aromatic nitrogens is 2. The number of nitrogen functional groups attached to an aromatic ring is 1. The molecule has 8 heteroatoms. The highest BCUT2D eigenvalue weighted by molar-refractivity contribution is 8.00. The topological polar surface area (TPSA) is 56.3 Å². The first-order valence-electron chi connectivity index (χ1n) is 10.0. The number of imidazole rings is 1. The number of anilines is 2. The van der Waals surface area contributed by atoms with Crippen molar-refractivity contribution in [2.45, 2.75) is 37.1 Å². The quantitative estimate of drug-likeness (QED) is 0.423. The smallest absolute Gasteiger partial charge is 0.302 e. The Morgan fingerprint density at radius 3 is 2.57 bits per heavy atom. The Bertz CT molecular complexity index is 1010. The fourth-order valence-electron chi connectivity index (χ4n) is 3.76. The van der Waals surface area contributed by atoms with Crippen molar-refractivity contribution in [3.05, 3.63) is 48.3 Å². The summed E-state index contributed by atoms with van der Waals surface area (Å²) >= 11 is 1.54. The molecule has 2 heterocycles. The van der Waals surface area contributed by atoms with Gasteiger partial charge in [0.15, 0.2) is 5.82 Å². The van der Waals surface area contributed by atoms with E-state index in [1.54, 1.807) is 16.5 Å². The summed E-state index contributed by atoms with van der Waals surface area (Å²) in [6, 6.07) is 13.3. The molecule has 0 saturated carbocycles. The van der Waals surface area contributed by atoms with Crippen LogP contribution in [-0.4, -0.2) is 29.8 Å². The number of nitrogens with two attached hydrogens (primary N) is 1. The molecule has 160 valence electrons. The third-order valence-electron chi connectivity index (χ3n) is 5.39. The van der Waals surface area contributed by atoms with E-state index in [1.807, 2.05) is 53.8 Å². The largest absolute Gasteiger partial charge is 0.399 e. The summed E-state index contributed by atoms with van der Waals surface area (Å²) in [4.78, 5) is 5.38. The number of benzene rings is 2. The standard InChI is InChI=1S/C22H26F2N4OS/c1-22(23,24)21-26-19-13-17(27(2)30-18-6-3-16(25)4-7-18)5-8-20(19)28(21)14-15-9-11-29-12-10-15/h3-8,13,15H,9-12,14,25H2,1-2H3. The number of hydrogen-bond acceptors (Lipinski definition) is 5. The van der Waals surface area contributed by atoms with Gasteiger partial charge in [0.1, 0.15) is 0 Å². The lowest BCUT2D eigenvalue weighted by atomic mass is 10.00. The third kappa shape index (κ3) is 4.54. The molecule has 3 aromatic rings. The van der Waals surface area contributed by atoms with Crippen LogP contribution >= 0.6 is 11.9 Å². The second-order valence-electron chi connectivity index (χ2n) is 7.82. The minimum absolute atomic E-state index is 0.171. The molecule has 1 aliphatic heterocycles. The van der Waals surface area contributed by atoms with Crippen molar-refractivity contribution < 1.29 is 13.5 Å². The van der Waals surface area contributed by atoms with E-state index < -0.39 is 5.92 Å². The SMILES string of the molecule is CN(Sc1ccc(N)cc1)c1ccc2c(c1)nc(C(C)(F)F)n2CC1CCOCC1. The van der Waals surface area contributed by atoms with Gasteiger partial charge in [0, 0.05) is 50.0 Å². The van der Waals surface area contributed by atoms with Gasteiger partial charge in [0.2, 0.25) is 0 Å². The van der Waals surface area contributed by atoms with E-state index in [2.05, 4.69) is 4.98 Å². The molecule has 0 aliphatic carbocycles. The highest BCUT2D eigenvalue weighted by Crippen LogP contribution is 2.34. The Hall–Kier alpha value is -2.32. The Balaban J connectivity index is 1.64. The molecule has 2 N–H and O–H groups in total. The molecule has 4 rings (SSSR count). The molecule has 2 aromatic carbocycles. The van der Waals surface area contributed by atoms with E-state index in [-0.39, 0.29) is 5.82 Å². The molecule has 5 nitrogen and oxygen atoms in total. The van der Waals surface area contributed by atoms with Crippen molar-refractivity contribution in [1.29, 1.82) is 0 Å². The fourth-order valence-corrected chi connectivity index (χ4v) is 4.55. The molecule has 1 aromatic heterocycles. The van der Waals surface area contributed by atoms with E-state index in [1.165, 1.54) is 0 Å². The third-order valence-corrected chi connectivity index (χ3v) is 6.36. The Morgan fingerprint density at radius 2 is 1.90 bits per heavy atom. The van der Waals surface area contributed by atoms with Gasteiger partial charge in [-0.25, -0.2) is 4.98 Å². The zero-order chi connectivity index (χ0) is 21.3. The van der Waals surface area contributed by atoms with Gasteiger partial charge in [-0.15, -0.1) is 0 Å². The molecular weight excluding hydrogens is 406 g/mol. The van der Waals surface area contributed by atoms with Gasteiger partial charge in [-0.05, 0) is 73.2 Å². The summed E-state index contributed by atoms with van der Waals surface area (Å²) in [6.45, 7) is 2.82. The van der Waals surface area contributed by atoms with Crippen LogP contribution in [0.2, 0.25) is 0 Å². The van der Waals surface area contributed by atoms with E-state index >= 15 is 0 Å². The zero-order valence-electron chi connectivity index (χ0n) is 17.1. The molecule has 0 atom stereocenters. The molecule has 0 amide bonds. The first kappa shape index (κ1) is 20.9. The molecule has 0 radical (unpaired) electrons. The molecule has 0 spiro atoms. The van der Waals surface area contributed by atoms with Crippen LogP contribution in [0, 0.1) is 5.92 Å². The van der Waals surface area contributed by atoms with Crippen LogP contribution in [0.5, 0.6) is 0 Å². The average molecular weight is 433 g/mol. The summed E-state index contributed by atoms with van der Waals surface area (Å²) in [5, 5.41) is 0. The number of ether oxygens (including phenoxy) is 1. The lowest BCUT2D eigenvalue weighted by molar-refractivity contribution is 0.00222. The molecule has 0 unspecified atom stereocenters. The van der Waals surface area contributed by atoms with E-state index in [0.29, 0.717) is 36.9 Å². The number of hydrogen-bond donors (Lipinski definition) is 1. The second-order valence-corrected chi connectivity index (χ2v) is 9.02. The van der Waals surface area contributed by atoms with Crippen LogP contribution < -0.4 is 10.0 Å². The van der Waals surface area contributed by atoms with Crippen LogP contribution in [0.25, 0.3) is 11.0 Å². The van der Waals surface area contributed by atoms with Gasteiger partial charge in [-0.3, -0.25) is 0 Å². The fraction of sp³-hybridized carbons (Fsp3) is 0.409. The number of fused-ring (bicyclic) bond motifs is 1. The monoisotopic (exact) mass is 432 g/mol. The summed E-state index contributed by atoms with van der Waals surface area (Å²) in [5.74, 6) is -2.86. The minimum Gasteiger partial charge on any atom is -0.399 e. The highest BCUT2D eigenvalue weighted by atomic mass is 32.2. The molecule has 0 bridgehead atoms. The number of halogens is 2. The summed E-state index contributed by atoms with van der Waals surface area (Å²) in [5.41, 5.74) is 8.68. The number of alkyl halides is 2. The van der Waals surface area contributed by atoms with E-state index in [0.717, 1.165) is 35.9 Å². The number of rotatable bonds is 6. The first-order valence-corrected chi connectivity index (χ1v) is 10.8. The van der Waals surface area contributed by atoms with Gasteiger partial charge in [0.05, 0.1) is 11.0 Å². The van der Waals surface area contributed by atoms with Crippen molar-refractivity contribution in [1.82, 2.24) is 9.55 Å². The maximum absolute atomic E-state index is 14.4. The van der Waals surface area contributed by atoms with Crippen LogP contribution in [0.3, 0.4) is 0 Å². The highest BCUT2D eigenvalue weighted by Gasteiger charge is 2.33. The molecular formula is C22H26F2N4OS. The van der Waals surface area contributed by atoms with Gasteiger partial charge in [0.25, 0.3) is 0 Å². The molecule has 1 fully saturated rings. The van der Waals surface area contributed by atoms with Gasteiger partial charge in [-0.1, -0.05) is 0 Å². The minimum atomic E-state index is -3.00. The lowest BCUT2D eigenvalue weighted by Crippen LogP contribution is -2.24. The van der Waals surface area contributed by atoms with Crippen molar-refractivity contribution in [2.24, 2.45) is 5.92 Å². The van der Waals surface area contributed by atoms with E-state index in [4.69, 9.17) is 10.5 Å². The van der Waals surface area contributed by atoms with Gasteiger partial charge >= 0.3 is 5.92 Å². The Labute approximate surface area is 179 Å². The zero-order valence-corrected chi connectivity index (χ0v) is 18.0. The summed E-state index contributed by atoms with van der Waals surface area (Å²) in [6.07, 6.45) is 1.76. The van der Waals surface area contributed by atoms with Crippen LogP contribution in [0.4, 0.5) is 20.2 Å². The van der Waals surface area contributed by atoms with E-state index in [9.17, 15) is 8.78 Å². The molecule has 1 aliphatic rings. The summed E-state index contributed by atoms with van der Waals surface area (Å²) < 4.78 is 37.8. The van der Waals surface area contributed by atoms with Crippen molar-refractivity contribution >= 4 is 34.4 Å². The molecule has 30 heavy (non-hydrogen) atoms. The lowest BCUT2D eigenvalue weighted by Gasteiger charge is -2.24. The Kier molecular flexibility index (Phi) is 5.88. The normalized spacial score (nSPS) is 15.6. The maximum atomic E-state index is 14.4. The van der Waals surface area contributed by atoms with Crippen molar-refractivity contribution in [2.75, 3.05) is 30.3 Å². The van der Waals surface area contributed by atoms with Crippen molar-refractivity contribution in [3.63, 3.8) is 0 Å². The maximum Gasteiger partial charge on any atom is 0.302 e. The summed E-state index contributed by atoms with van der Waals surface area (Å²) in [7, 11) is 1.94.